The van der Waals surface area contributed by atoms with E-state index in [2.05, 4.69) is 20.8 Å². The molecule has 2 N–H and O–H groups in total. The molecule has 1 aliphatic rings. The number of amides is 1. The zero-order chi connectivity index (χ0) is 13.0. The van der Waals surface area contributed by atoms with Crippen LogP contribution in [0, 0.1) is 0 Å². The molecule has 0 bridgehead atoms. The first kappa shape index (κ1) is 12.8. The van der Waals surface area contributed by atoms with Gasteiger partial charge in [0.15, 0.2) is 0 Å². The zero-order valence-electron chi connectivity index (χ0n) is 9.57. The Balaban J connectivity index is 2.01. The van der Waals surface area contributed by atoms with E-state index >= 15 is 0 Å². The summed E-state index contributed by atoms with van der Waals surface area (Å²) in [4.78, 5) is 22.0. The summed E-state index contributed by atoms with van der Waals surface area (Å²) in [5.74, 6) is -0.981. The van der Waals surface area contributed by atoms with Crippen LogP contribution in [-0.4, -0.2) is 49.0 Å². The largest absolute Gasteiger partial charge is 0.480 e. The number of carbonyl (C=O) groups is 2. The van der Waals surface area contributed by atoms with Gasteiger partial charge < -0.3 is 10.4 Å². The molecule has 1 aromatic rings. The van der Waals surface area contributed by atoms with Crippen LogP contribution in [0.1, 0.15) is 19.3 Å². The summed E-state index contributed by atoms with van der Waals surface area (Å²) in [5.41, 5.74) is 0. The summed E-state index contributed by atoms with van der Waals surface area (Å²) >= 11 is 1.36. The van der Waals surface area contributed by atoms with Gasteiger partial charge in [-0.05, 0) is 23.3 Å². The molecule has 0 spiro atoms. The molecule has 0 saturated carbocycles. The van der Waals surface area contributed by atoms with Gasteiger partial charge in [0.2, 0.25) is 11.1 Å². The Morgan fingerprint density at radius 3 is 3.22 bits per heavy atom. The van der Waals surface area contributed by atoms with Crippen molar-refractivity contribution in [2.75, 3.05) is 6.54 Å². The number of tetrazole rings is 1. The maximum Gasteiger partial charge on any atom is 0.325 e. The molecule has 1 aromatic heterocycles. The highest BCUT2D eigenvalue weighted by Gasteiger charge is 2.21. The van der Waals surface area contributed by atoms with Gasteiger partial charge in [0, 0.05) is 18.2 Å². The van der Waals surface area contributed by atoms with Gasteiger partial charge in [-0.2, -0.15) is 0 Å². The van der Waals surface area contributed by atoms with Crippen LogP contribution in [-0.2, 0) is 16.1 Å². The molecular formula is C9H13N5O3S. The second-order valence-electron chi connectivity index (χ2n) is 3.95. The number of nitrogens with zero attached hydrogens (tertiary/aromatic N) is 4. The molecule has 1 unspecified atom stereocenters. The second-order valence-corrected chi connectivity index (χ2v) is 5.22. The standard InChI is InChI=1S/C9H13N5O3S/c15-7-4-6(2-1-3-10-7)18-9-11-12-13-14(9)5-8(16)17/h6H,1-5H2,(H,10,15)(H,16,17). The van der Waals surface area contributed by atoms with Crippen LogP contribution < -0.4 is 5.32 Å². The quantitative estimate of drug-likeness (QED) is 0.760. The molecule has 1 amide bonds. The molecular weight excluding hydrogens is 258 g/mol. The van der Waals surface area contributed by atoms with Crippen LogP contribution >= 0.6 is 11.8 Å². The van der Waals surface area contributed by atoms with Crippen LogP contribution in [0.5, 0.6) is 0 Å². The van der Waals surface area contributed by atoms with Gasteiger partial charge in [-0.3, -0.25) is 9.59 Å². The summed E-state index contributed by atoms with van der Waals surface area (Å²) in [7, 11) is 0. The lowest BCUT2D eigenvalue weighted by Crippen LogP contribution is -2.23. The lowest BCUT2D eigenvalue weighted by Gasteiger charge is -2.10. The third-order valence-electron chi connectivity index (χ3n) is 2.49. The highest BCUT2D eigenvalue weighted by Crippen LogP contribution is 2.27. The highest BCUT2D eigenvalue weighted by molar-refractivity contribution is 7.99. The van der Waals surface area contributed by atoms with Crippen LogP contribution in [0.2, 0.25) is 0 Å². The van der Waals surface area contributed by atoms with E-state index in [0.717, 1.165) is 12.8 Å². The zero-order valence-corrected chi connectivity index (χ0v) is 10.4. The fourth-order valence-electron chi connectivity index (χ4n) is 1.70. The molecule has 0 radical (unpaired) electrons. The van der Waals surface area contributed by atoms with E-state index in [0.29, 0.717) is 18.1 Å². The molecule has 0 aromatic carbocycles. The van der Waals surface area contributed by atoms with E-state index in [4.69, 9.17) is 5.11 Å². The Hall–Kier alpha value is -1.64. The number of aliphatic carboxylic acids is 1. The third-order valence-corrected chi connectivity index (χ3v) is 3.73. The van der Waals surface area contributed by atoms with Crippen molar-refractivity contribution < 1.29 is 14.7 Å². The van der Waals surface area contributed by atoms with Crippen LogP contribution in [0.4, 0.5) is 0 Å². The molecule has 18 heavy (non-hydrogen) atoms. The normalized spacial score (nSPS) is 20.2. The Morgan fingerprint density at radius 1 is 1.61 bits per heavy atom. The van der Waals surface area contributed by atoms with Gasteiger partial charge in [0.05, 0.1) is 0 Å². The smallest absolute Gasteiger partial charge is 0.325 e. The van der Waals surface area contributed by atoms with E-state index in [1.165, 1.54) is 16.4 Å². The fraction of sp³-hybridized carbons (Fsp3) is 0.667. The molecule has 1 aliphatic heterocycles. The molecule has 0 aliphatic carbocycles. The Kier molecular flexibility index (Phi) is 4.13. The maximum atomic E-state index is 11.4. The van der Waals surface area contributed by atoms with E-state index in [9.17, 15) is 9.59 Å². The predicted molar refractivity (Wildman–Crippen MR) is 62.0 cm³/mol. The number of hydrogen-bond donors (Lipinski definition) is 2. The van der Waals surface area contributed by atoms with Crippen LogP contribution in [0.3, 0.4) is 0 Å². The number of thioether (sulfide) groups is 1. The topological polar surface area (TPSA) is 110 Å². The Morgan fingerprint density at radius 2 is 2.44 bits per heavy atom. The summed E-state index contributed by atoms with van der Waals surface area (Å²) < 4.78 is 1.23. The van der Waals surface area contributed by atoms with Crippen LogP contribution in [0.15, 0.2) is 5.16 Å². The molecule has 1 fully saturated rings. The predicted octanol–water partition coefficient (Wildman–Crippen LogP) is -0.482. The van der Waals surface area contributed by atoms with E-state index in [1.54, 1.807) is 0 Å². The van der Waals surface area contributed by atoms with Crippen molar-refractivity contribution in [2.45, 2.75) is 36.2 Å². The average molecular weight is 271 g/mol. The monoisotopic (exact) mass is 271 g/mol. The Bertz CT molecular complexity index is 449. The maximum absolute atomic E-state index is 11.4. The van der Waals surface area contributed by atoms with Crippen molar-refractivity contribution >= 4 is 23.6 Å². The van der Waals surface area contributed by atoms with Crippen molar-refractivity contribution in [1.29, 1.82) is 0 Å². The van der Waals surface area contributed by atoms with Crippen molar-refractivity contribution in [3.05, 3.63) is 0 Å². The number of aromatic nitrogens is 4. The second kappa shape index (κ2) is 5.80. The minimum absolute atomic E-state index is 0.0160. The van der Waals surface area contributed by atoms with Gasteiger partial charge in [-0.25, -0.2) is 4.68 Å². The molecule has 1 saturated heterocycles. The van der Waals surface area contributed by atoms with Crippen molar-refractivity contribution in [1.82, 2.24) is 25.5 Å². The third kappa shape index (κ3) is 3.42. The molecule has 2 heterocycles. The lowest BCUT2D eigenvalue weighted by molar-refractivity contribution is -0.138. The number of rotatable bonds is 4. The first-order chi connectivity index (χ1) is 8.65. The molecule has 98 valence electrons. The Labute approximate surface area is 107 Å². The number of carboxylic acid groups (broad SMARTS) is 1. The number of nitrogens with one attached hydrogen (secondary N) is 1. The van der Waals surface area contributed by atoms with Crippen molar-refractivity contribution in [2.24, 2.45) is 0 Å². The summed E-state index contributed by atoms with van der Waals surface area (Å²) in [5, 5.41) is 22.9. The van der Waals surface area contributed by atoms with Gasteiger partial charge in [-0.1, -0.05) is 11.8 Å². The van der Waals surface area contributed by atoms with E-state index in [-0.39, 0.29) is 17.7 Å². The molecule has 2 rings (SSSR count). The molecule has 9 heteroatoms. The minimum atomic E-state index is -0.997. The van der Waals surface area contributed by atoms with Crippen LogP contribution in [0.25, 0.3) is 0 Å². The minimum Gasteiger partial charge on any atom is -0.480 e. The first-order valence-corrected chi connectivity index (χ1v) is 6.44. The molecule has 1 atom stereocenters. The van der Waals surface area contributed by atoms with Gasteiger partial charge >= 0.3 is 5.97 Å². The molecule has 8 nitrogen and oxygen atoms in total. The highest BCUT2D eigenvalue weighted by atomic mass is 32.2. The number of hydrogen-bond acceptors (Lipinski definition) is 6. The summed E-state index contributed by atoms with van der Waals surface area (Å²) in [6, 6.07) is 0. The summed E-state index contributed by atoms with van der Waals surface area (Å²) in [6.07, 6.45) is 2.19. The number of carbonyl (C=O) groups excluding carboxylic acids is 1. The van der Waals surface area contributed by atoms with Crippen molar-refractivity contribution in [3.8, 4) is 0 Å². The first-order valence-electron chi connectivity index (χ1n) is 5.56. The van der Waals surface area contributed by atoms with Gasteiger partial charge in [0.1, 0.15) is 6.54 Å². The van der Waals surface area contributed by atoms with Gasteiger partial charge in [0.25, 0.3) is 0 Å². The van der Waals surface area contributed by atoms with Crippen molar-refractivity contribution in [3.63, 3.8) is 0 Å². The fourth-order valence-corrected chi connectivity index (χ4v) is 2.82. The number of carboxylic acids is 1. The van der Waals surface area contributed by atoms with E-state index in [1.807, 2.05) is 0 Å². The van der Waals surface area contributed by atoms with E-state index < -0.39 is 5.97 Å². The average Bonchev–Trinajstić information content (AvgIpc) is 2.59. The summed E-state index contributed by atoms with van der Waals surface area (Å²) in [6.45, 7) is 0.421. The SMILES string of the molecule is O=C(O)Cn1nnnc1SC1CCCNC(=O)C1. The lowest BCUT2D eigenvalue weighted by atomic mass is 10.2. The van der Waals surface area contributed by atoms with Gasteiger partial charge in [-0.15, -0.1) is 5.10 Å².